The van der Waals surface area contributed by atoms with Crippen molar-refractivity contribution in [1.29, 1.82) is 0 Å². The molecule has 1 aliphatic heterocycles. The molecule has 1 amide bonds. The summed E-state index contributed by atoms with van der Waals surface area (Å²) in [6, 6.07) is 4.38. The minimum atomic E-state index is -0.465. The average Bonchev–Trinajstić information content (AvgIpc) is 2.45. The van der Waals surface area contributed by atoms with Gasteiger partial charge < -0.3 is 9.64 Å². The molecule has 1 aromatic rings. The third-order valence-corrected chi connectivity index (χ3v) is 4.03. The topological polar surface area (TPSA) is 29.5 Å². The molecule has 0 bridgehead atoms. The Morgan fingerprint density at radius 1 is 1.35 bits per heavy atom. The van der Waals surface area contributed by atoms with E-state index in [4.69, 9.17) is 16.3 Å². The van der Waals surface area contributed by atoms with Crippen molar-refractivity contribution in [2.75, 3.05) is 13.1 Å². The van der Waals surface area contributed by atoms with Crippen molar-refractivity contribution >= 4 is 23.8 Å². The Labute approximate surface area is 142 Å². The molecule has 2 rings (SSSR count). The fourth-order valence-corrected chi connectivity index (χ4v) is 2.71. The maximum absolute atomic E-state index is 13.0. The molecule has 0 aliphatic carbocycles. The van der Waals surface area contributed by atoms with Gasteiger partial charge in [0.2, 0.25) is 0 Å². The number of carbonyl (C=O) groups excluding carboxylic acids is 1. The highest BCUT2D eigenvalue weighted by Gasteiger charge is 2.25. The number of rotatable bonds is 2. The summed E-state index contributed by atoms with van der Waals surface area (Å²) in [7, 11) is 0. The van der Waals surface area contributed by atoms with Gasteiger partial charge >= 0.3 is 6.09 Å². The van der Waals surface area contributed by atoms with Crippen LogP contribution in [-0.4, -0.2) is 29.7 Å². The van der Waals surface area contributed by atoms with Crippen LogP contribution in [0.15, 0.2) is 24.3 Å². The van der Waals surface area contributed by atoms with Crippen molar-refractivity contribution in [2.45, 2.75) is 39.2 Å². The highest BCUT2D eigenvalue weighted by atomic mass is 35.5. The molecule has 0 atom stereocenters. The van der Waals surface area contributed by atoms with Crippen LogP contribution in [0.3, 0.4) is 0 Å². The molecule has 1 heterocycles. The molecular weight excluding hydrogens is 317 g/mol. The number of hydrogen-bond donors (Lipinski definition) is 0. The molecule has 0 spiro atoms. The normalized spacial score (nSPS) is 16.8. The quantitative estimate of drug-likeness (QED) is 0.746. The fourth-order valence-electron chi connectivity index (χ4n) is 2.48. The third kappa shape index (κ3) is 5.54. The van der Waals surface area contributed by atoms with Gasteiger partial charge in [0.15, 0.2) is 0 Å². The first-order valence-electron chi connectivity index (χ1n) is 7.86. The average molecular weight is 340 g/mol. The van der Waals surface area contributed by atoms with Gasteiger partial charge in [0, 0.05) is 13.1 Å². The van der Waals surface area contributed by atoms with E-state index in [-0.39, 0.29) is 11.9 Å². The van der Waals surface area contributed by atoms with Crippen LogP contribution in [-0.2, 0) is 4.74 Å². The van der Waals surface area contributed by atoms with Gasteiger partial charge in [-0.05, 0) is 57.2 Å². The molecule has 1 fully saturated rings. The van der Waals surface area contributed by atoms with Crippen molar-refractivity contribution < 1.29 is 13.9 Å². The van der Waals surface area contributed by atoms with Crippen LogP contribution >= 0.6 is 11.6 Å². The molecular formula is C18H23ClFNO2. The second-order valence-corrected chi connectivity index (χ2v) is 7.24. The van der Waals surface area contributed by atoms with Gasteiger partial charge in [0.05, 0.1) is 5.02 Å². The first-order valence-corrected chi connectivity index (χ1v) is 8.23. The molecule has 0 unspecified atom stereocenters. The molecule has 1 saturated heterocycles. The van der Waals surface area contributed by atoms with Crippen LogP contribution in [0, 0.1) is 11.7 Å². The van der Waals surface area contributed by atoms with Crippen molar-refractivity contribution in [2.24, 2.45) is 5.92 Å². The van der Waals surface area contributed by atoms with Crippen molar-refractivity contribution in [3.63, 3.8) is 0 Å². The number of amides is 1. The number of halogens is 2. The Morgan fingerprint density at radius 3 is 2.57 bits per heavy atom. The number of piperidine rings is 1. The summed E-state index contributed by atoms with van der Waals surface area (Å²) in [5, 5.41) is 0.410. The molecule has 3 nitrogen and oxygen atoms in total. The predicted octanol–water partition coefficient (Wildman–Crippen LogP) is 5.14. The summed E-state index contributed by atoms with van der Waals surface area (Å²) in [5.41, 5.74) is 0.343. The summed E-state index contributed by atoms with van der Waals surface area (Å²) >= 11 is 6.01. The Hall–Kier alpha value is -1.55. The van der Waals surface area contributed by atoms with E-state index in [2.05, 4.69) is 6.08 Å². The fraction of sp³-hybridized carbons (Fsp3) is 0.500. The Kier molecular flexibility index (Phi) is 5.69. The molecule has 5 heteroatoms. The zero-order valence-corrected chi connectivity index (χ0v) is 14.6. The van der Waals surface area contributed by atoms with E-state index in [1.165, 1.54) is 12.1 Å². The SMILES string of the molecule is CC(C)(C)OC(=O)N1CCC(/C=C/c2ccc(F)cc2Cl)CC1. The van der Waals surface area contributed by atoms with E-state index in [0.29, 0.717) is 24.0 Å². The van der Waals surface area contributed by atoms with E-state index < -0.39 is 5.60 Å². The first-order chi connectivity index (χ1) is 10.7. The maximum atomic E-state index is 13.0. The van der Waals surface area contributed by atoms with Gasteiger partial charge in [0.25, 0.3) is 0 Å². The lowest BCUT2D eigenvalue weighted by Crippen LogP contribution is -2.41. The molecule has 0 N–H and O–H groups in total. The van der Waals surface area contributed by atoms with Crippen molar-refractivity contribution in [1.82, 2.24) is 4.90 Å². The maximum Gasteiger partial charge on any atom is 0.410 e. The number of carbonyl (C=O) groups is 1. The zero-order valence-electron chi connectivity index (χ0n) is 13.8. The molecule has 0 saturated carbocycles. The van der Waals surface area contributed by atoms with Gasteiger partial charge in [-0.15, -0.1) is 0 Å². The van der Waals surface area contributed by atoms with E-state index >= 15 is 0 Å². The molecule has 1 aliphatic rings. The second-order valence-electron chi connectivity index (χ2n) is 6.83. The van der Waals surface area contributed by atoms with Crippen LogP contribution in [0.5, 0.6) is 0 Å². The Bertz CT molecular complexity index is 587. The van der Waals surface area contributed by atoms with E-state index in [1.54, 1.807) is 11.0 Å². The summed E-state index contributed by atoms with van der Waals surface area (Å²) in [4.78, 5) is 13.8. The second kappa shape index (κ2) is 7.35. The van der Waals surface area contributed by atoms with Crippen LogP contribution in [0.4, 0.5) is 9.18 Å². The number of hydrogen-bond acceptors (Lipinski definition) is 2. The lowest BCUT2D eigenvalue weighted by atomic mass is 9.96. The highest BCUT2D eigenvalue weighted by Crippen LogP contribution is 2.24. The summed E-state index contributed by atoms with van der Waals surface area (Å²) in [6.07, 6.45) is 5.53. The summed E-state index contributed by atoms with van der Waals surface area (Å²) in [5.74, 6) is 0.0487. The molecule has 1 aromatic carbocycles. The summed E-state index contributed by atoms with van der Waals surface area (Å²) in [6.45, 7) is 6.97. The molecule has 23 heavy (non-hydrogen) atoms. The van der Waals surface area contributed by atoms with Gasteiger partial charge in [-0.1, -0.05) is 29.8 Å². The van der Waals surface area contributed by atoms with Crippen molar-refractivity contribution in [3.8, 4) is 0 Å². The number of benzene rings is 1. The first kappa shape index (κ1) is 17.8. The smallest absolute Gasteiger partial charge is 0.410 e. The number of ether oxygens (including phenoxy) is 1. The van der Waals surface area contributed by atoms with E-state index in [9.17, 15) is 9.18 Å². The Balaban J connectivity index is 1.87. The summed E-state index contributed by atoms with van der Waals surface area (Å²) < 4.78 is 18.4. The van der Waals surface area contributed by atoms with Crippen molar-refractivity contribution in [3.05, 3.63) is 40.7 Å². The number of likely N-dealkylation sites (tertiary alicyclic amines) is 1. The third-order valence-electron chi connectivity index (χ3n) is 3.70. The minimum absolute atomic E-state index is 0.249. The largest absolute Gasteiger partial charge is 0.444 e. The standard InChI is InChI=1S/C18H23ClFNO2/c1-18(2,3)23-17(22)21-10-8-13(9-11-21)4-5-14-6-7-15(20)12-16(14)19/h4-7,12-13H,8-11H2,1-3H3/b5-4+. The van der Waals surface area contributed by atoms with Crippen LogP contribution in [0.1, 0.15) is 39.2 Å². The number of nitrogens with zero attached hydrogens (tertiary/aromatic N) is 1. The number of allylic oxidation sites excluding steroid dienone is 1. The van der Waals surface area contributed by atoms with Gasteiger partial charge in [0.1, 0.15) is 11.4 Å². The predicted molar refractivity (Wildman–Crippen MR) is 91.0 cm³/mol. The zero-order chi connectivity index (χ0) is 17.0. The lowest BCUT2D eigenvalue weighted by molar-refractivity contribution is 0.0197. The van der Waals surface area contributed by atoms with Gasteiger partial charge in [-0.2, -0.15) is 0 Å². The molecule has 126 valence electrons. The van der Waals surface area contributed by atoms with Crippen LogP contribution in [0.25, 0.3) is 6.08 Å². The molecule has 0 radical (unpaired) electrons. The van der Waals surface area contributed by atoms with Gasteiger partial charge in [-0.25, -0.2) is 9.18 Å². The minimum Gasteiger partial charge on any atom is -0.444 e. The van der Waals surface area contributed by atoms with Crippen LogP contribution < -0.4 is 0 Å². The van der Waals surface area contributed by atoms with Gasteiger partial charge in [-0.3, -0.25) is 0 Å². The highest BCUT2D eigenvalue weighted by molar-refractivity contribution is 6.32. The van der Waals surface area contributed by atoms with Crippen LogP contribution in [0.2, 0.25) is 5.02 Å². The van der Waals surface area contributed by atoms with E-state index in [1.807, 2.05) is 26.8 Å². The molecule has 0 aromatic heterocycles. The monoisotopic (exact) mass is 339 g/mol. The van der Waals surface area contributed by atoms with E-state index in [0.717, 1.165) is 18.4 Å². The Morgan fingerprint density at radius 2 is 2.00 bits per heavy atom. The lowest BCUT2D eigenvalue weighted by Gasteiger charge is -2.32.